The maximum Gasteiger partial charge on any atom is 0.416 e. The number of carbonyl (C=O) groups excluding carboxylic acids is 2. The smallest absolute Gasteiger partial charge is 0.416 e. The molecule has 14 heteroatoms. The van der Waals surface area contributed by atoms with Crippen LogP contribution in [0.1, 0.15) is 66.5 Å². The monoisotopic (exact) mass is 709 g/mol. The number of hydrogen-bond donors (Lipinski definition) is 1. The Hall–Kier alpha value is -4.28. The average molecular weight is 710 g/mol. The van der Waals surface area contributed by atoms with Gasteiger partial charge in [-0.3, -0.25) is 9.69 Å². The van der Waals surface area contributed by atoms with Gasteiger partial charge in [-0.2, -0.15) is 31.6 Å². The first-order valence-electron chi connectivity index (χ1n) is 15.4. The van der Waals surface area contributed by atoms with Crippen molar-refractivity contribution in [3.8, 4) is 6.07 Å². The van der Waals surface area contributed by atoms with Crippen LogP contribution in [-0.4, -0.2) is 41.5 Å². The quantitative estimate of drug-likeness (QED) is 0.159. The zero-order valence-corrected chi connectivity index (χ0v) is 27.2. The second kappa shape index (κ2) is 15.5. The highest BCUT2D eigenvalue weighted by Gasteiger charge is 2.53. The summed E-state index contributed by atoms with van der Waals surface area (Å²) in [5.41, 5.74) is -5.15. The van der Waals surface area contributed by atoms with Crippen molar-refractivity contribution >= 4 is 23.6 Å². The second-order valence-electron chi connectivity index (χ2n) is 11.9. The minimum absolute atomic E-state index is 0.00388. The fourth-order valence-corrected chi connectivity index (χ4v) is 5.86. The van der Waals surface area contributed by atoms with Crippen LogP contribution in [-0.2, 0) is 38.8 Å². The standard InChI is InChI=1S/C35H34ClF6N3O4/c1-24(26-17-28(34(37,38)39)19-29(18-26)35(40,41)42)49-23-33(27-11-6-3-7-12-27)15-14-32(21-43,44-30(46)13-8-16-36)22-45(33)31(47)48-20-25-9-4-2-5-10-25/h2-7,9-12,17-19,24H,8,13-16,20,22-23H2,1H3,(H,44,46)/t24-,32+,33+/m1/s1. The Labute approximate surface area is 284 Å². The molecule has 1 aliphatic heterocycles. The van der Waals surface area contributed by atoms with Crippen LogP contribution in [0.5, 0.6) is 0 Å². The molecule has 1 fully saturated rings. The lowest BCUT2D eigenvalue weighted by molar-refractivity contribution is -0.143. The normalized spacial score (nSPS) is 20.3. The molecule has 49 heavy (non-hydrogen) atoms. The summed E-state index contributed by atoms with van der Waals surface area (Å²) in [5.74, 6) is -0.240. The Morgan fingerprint density at radius 3 is 2.10 bits per heavy atom. The summed E-state index contributed by atoms with van der Waals surface area (Å²) in [5, 5.41) is 13.1. The second-order valence-corrected chi connectivity index (χ2v) is 12.2. The van der Waals surface area contributed by atoms with Crippen LogP contribution in [0.3, 0.4) is 0 Å². The van der Waals surface area contributed by atoms with Crippen LogP contribution >= 0.6 is 11.6 Å². The van der Waals surface area contributed by atoms with Gasteiger partial charge >= 0.3 is 18.4 Å². The van der Waals surface area contributed by atoms with Crippen LogP contribution in [0.2, 0.25) is 0 Å². The van der Waals surface area contributed by atoms with Crippen LogP contribution in [0.25, 0.3) is 0 Å². The summed E-state index contributed by atoms with van der Waals surface area (Å²) in [7, 11) is 0. The van der Waals surface area contributed by atoms with Gasteiger partial charge in [-0.1, -0.05) is 60.7 Å². The molecule has 0 radical (unpaired) electrons. The molecule has 3 atom stereocenters. The number of alkyl halides is 7. The Morgan fingerprint density at radius 2 is 1.55 bits per heavy atom. The molecule has 3 aromatic rings. The van der Waals surface area contributed by atoms with E-state index in [-0.39, 0.29) is 49.9 Å². The topological polar surface area (TPSA) is 91.7 Å². The number of nitrogens with one attached hydrogen (secondary N) is 1. The Kier molecular flexibility index (Phi) is 11.9. The molecule has 0 bridgehead atoms. The molecule has 0 spiro atoms. The van der Waals surface area contributed by atoms with Crippen molar-refractivity contribution in [2.45, 2.75) is 68.7 Å². The SMILES string of the molecule is C[C@@H](OC[C@]1(c2ccccc2)CC[C@@](C#N)(NC(=O)CCCCl)CN1C(=O)OCc1ccccc1)c1cc(C(F)(F)F)cc(C(F)(F)F)c1. The van der Waals surface area contributed by atoms with Gasteiger partial charge in [0.15, 0.2) is 0 Å². The van der Waals surface area contributed by atoms with E-state index in [1.165, 1.54) is 11.8 Å². The molecule has 1 N–H and O–H groups in total. The highest BCUT2D eigenvalue weighted by atomic mass is 35.5. The van der Waals surface area contributed by atoms with Crippen molar-refractivity contribution in [1.29, 1.82) is 5.26 Å². The largest absolute Gasteiger partial charge is 0.445 e. The minimum atomic E-state index is -5.06. The lowest BCUT2D eigenvalue weighted by Crippen LogP contribution is -2.66. The summed E-state index contributed by atoms with van der Waals surface area (Å²) in [6, 6.07) is 20.6. The number of piperidine rings is 1. The number of carbonyl (C=O) groups is 2. The predicted molar refractivity (Wildman–Crippen MR) is 168 cm³/mol. The molecular formula is C35H34ClF6N3O4. The molecule has 7 nitrogen and oxygen atoms in total. The number of rotatable bonds is 11. The van der Waals surface area contributed by atoms with Crippen molar-refractivity contribution in [3.63, 3.8) is 0 Å². The van der Waals surface area contributed by atoms with Crippen LogP contribution in [0, 0.1) is 11.3 Å². The lowest BCUT2D eigenvalue weighted by atomic mass is 9.75. The summed E-state index contributed by atoms with van der Waals surface area (Å²) < 4.78 is 93.5. The lowest BCUT2D eigenvalue weighted by Gasteiger charge is -2.51. The Morgan fingerprint density at radius 1 is 0.959 bits per heavy atom. The first-order valence-corrected chi connectivity index (χ1v) is 15.9. The van der Waals surface area contributed by atoms with E-state index in [9.17, 15) is 41.2 Å². The molecule has 1 heterocycles. The number of hydrogen-bond acceptors (Lipinski definition) is 5. The van der Waals surface area contributed by atoms with Gasteiger partial charge in [-0.25, -0.2) is 4.79 Å². The molecule has 1 saturated heterocycles. The van der Waals surface area contributed by atoms with Gasteiger partial charge in [0.1, 0.15) is 12.1 Å². The first kappa shape index (κ1) is 37.5. The van der Waals surface area contributed by atoms with E-state index in [0.717, 1.165) is 0 Å². The third-order valence-electron chi connectivity index (χ3n) is 8.43. The van der Waals surface area contributed by atoms with Crippen molar-refractivity contribution < 1.29 is 45.4 Å². The summed E-state index contributed by atoms with van der Waals surface area (Å²) in [6.45, 7) is 0.395. The maximum absolute atomic E-state index is 14.0. The van der Waals surface area contributed by atoms with Crippen molar-refractivity contribution in [2.75, 3.05) is 19.0 Å². The Balaban J connectivity index is 1.74. The van der Waals surface area contributed by atoms with Crippen molar-refractivity contribution in [2.24, 2.45) is 0 Å². The zero-order valence-electron chi connectivity index (χ0n) is 26.4. The van der Waals surface area contributed by atoms with Gasteiger partial charge in [0.25, 0.3) is 0 Å². The summed E-state index contributed by atoms with van der Waals surface area (Å²) in [6.07, 6.45) is -11.9. The summed E-state index contributed by atoms with van der Waals surface area (Å²) >= 11 is 5.74. The first-order chi connectivity index (χ1) is 23.1. The van der Waals surface area contributed by atoms with Crippen LogP contribution in [0.4, 0.5) is 31.1 Å². The number of halogens is 7. The number of nitrogens with zero attached hydrogens (tertiary/aromatic N) is 2. The minimum Gasteiger partial charge on any atom is -0.445 e. The van der Waals surface area contributed by atoms with E-state index >= 15 is 0 Å². The number of benzene rings is 3. The number of ether oxygens (including phenoxy) is 2. The third kappa shape index (κ3) is 9.25. The van der Waals surface area contributed by atoms with Crippen LogP contribution < -0.4 is 5.32 Å². The van der Waals surface area contributed by atoms with Gasteiger partial charge < -0.3 is 14.8 Å². The van der Waals surface area contributed by atoms with E-state index < -0.39 is 59.3 Å². The van der Waals surface area contributed by atoms with Gasteiger partial charge in [0.05, 0.1) is 42.0 Å². The maximum atomic E-state index is 14.0. The van der Waals surface area contributed by atoms with E-state index in [4.69, 9.17) is 21.1 Å². The van der Waals surface area contributed by atoms with Gasteiger partial charge in [-0.05, 0) is 61.1 Å². The molecule has 0 aliphatic carbocycles. The molecular weight excluding hydrogens is 676 g/mol. The number of nitriles is 1. The predicted octanol–water partition coefficient (Wildman–Crippen LogP) is 8.53. The zero-order chi connectivity index (χ0) is 35.9. The molecule has 0 aromatic heterocycles. The van der Waals surface area contributed by atoms with E-state index in [0.29, 0.717) is 29.7 Å². The van der Waals surface area contributed by atoms with E-state index in [1.807, 2.05) is 0 Å². The summed E-state index contributed by atoms with van der Waals surface area (Å²) in [4.78, 5) is 28.0. The number of likely N-dealkylation sites (tertiary alicyclic amines) is 1. The highest BCUT2D eigenvalue weighted by Crippen LogP contribution is 2.44. The molecule has 1 aliphatic rings. The van der Waals surface area contributed by atoms with E-state index in [2.05, 4.69) is 11.4 Å². The molecule has 2 amide bonds. The molecule has 262 valence electrons. The molecule has 3 aromatic carbocycles. The third-order valence-corrected chi connectivity index (χ3v) is 8.70. The Bertz CT molecular complexity index is 1600. The number of amides is 2. The van der Waals surface area contributed by atoms with Crippen molar-refractivity contribution in [3.05, 3.63) is 107 Å². The molecule has 0 unspecified atom stereocenters. The molecule has 4 rings (SSSR count). The van der Waals surface area contributed by atoms with Crippen LogP contribution in [0.15, 0.2) is 78.9 Å². The van der Waals surface area contributed by atoms with E-state index in [1.54, 1.807) is 60.7 Å². The van der Waals surface area contributed by atoms with Gasteiger partial charge in [0.2, 0.25) is 5.91 Å². The average Bonchev–Trinajstić information content (AvgIpc) is 3.09. The van der Waals surface area contributed by atoms with Crippen molar-refractivity contribution in [1.82, 2.24) is 10.2 Å². The fourth-order valence-electron chi connectivity index (χ4n) is 5.72. The van der Waals surface area contributed by atoms with Gasteiger partial charge in [0, 0.05) is 12.3 Å². The molecule has 0 saturated carbocycles. The highest BCUT2D eigenvalue weighted by molar-refractivity contribution is 6.17. The fraction of sp³-hybridized carbons (Fsp3) is 0.400. The van der Waals surface area contributed by atoms with Gasteiger partial charge in [-0.15, -0.1) is 11.6 Å².